The van der Waals surface area contributed by atoms with Crippen LogP contribution < -0.4 is 5.32 Å². The molecule has 1 aromatic carbocycles. The van der Waals surface area contributed by atoms with Crippen molar-refractivity contribution < 1.29 is 18.0 Å². The van der Waals surface area contributed by atoms with Crippen LogP contribution in [-0.4, -0.2) is 26.1 Å². The van der Waals surface area contributed by atoms with E-state index in [4.69, 9.17) is 0 Å². The Morgan fingerprint density at radius 3 is 2.75 bits per heavy atom. The van der Waals surface area contributed by atoms with Crippen molar-refractivity contribution in [1.82, 2.24) is 25.5 Å². The summed E-state index contributed by atoms with van der Waals surface area (Å²) in [6.45, 7) is -0.235. The molecular formula is C14H10F3N5OS. The first-order valence-electron chi connectivity index (χ1n) is 6.71. The maximum Gasteiger partial charge on any atom is 0.416 e. The van der Waals surface area contributed by atoms with E-state index in [0.717, 1.165) is 17.4 Å². The molecule has 10 heteroatoms. The Morgan fingerprint density at radius 1 is 1.25 bits per heavy atom. The van der Waals surface area contributed by atoms with E-state index < -0.39 is 17.6 Å². The fourth-order valence-corrected chi connectivity index (χ4v) is 2.93. The highest BCUT2D eigenvalue weighted by Crippen LogP contribution is 2.31. The first-order chi connectivity index (χ1) is 11.5. The Balaban J connectivity index is 1.78. The number of amides is 1. The molecule has 0 saturated heterocycles. The molecule has 0 bridgehead atoms. The van der Waals surface area contributed by atoms with Gasteiger partial charge >= 0.3 is 6.18 Å². The molecule has 1 amide bonds. The number of tetrazole rings is 1. The number of hydrogen-bond donors (Lipinski definition) is 1. The molecule has 124 valence electrons. The number of carbonyl (C=O) groups excluding carboxylic acids is 1. The molecule has 0 radical (unpaired) electrons. The van der Waals surface area contributed by atoms with E-state index in [-0.39, 0.29) is 12.1 Å². The van der Waals surface area contributed by atoms with E-state index in [0.29, 0.717) is 10.6 Å². The van der Waals surface area contributed by atoms with Crippen LogP contribution in [0.15, 0.2) is 42.0 Å². The summed E-state index contributed by atoms with van der Waals surface area (Å²) in [5.41, 5.74) is -0.303. The number of benzene rings is 1. The minimum Gasteiger partial charge on any atom is -0.347 e. The fourth-order valence-electron chi connectivity index (χ4n) is 2.13. The van der Waals surface area contributed by atoms with E-state index in [2.05, 4.69) is 20.8 Å². The Hall–Kier alpha value is -2.75. The Morgan fingerprint density at radius 2 is 2.04 bits per heavy atom. The zero-order valence-corrected chi connectivity index (χ0v) is 12.8. The van der Waals surface area contributed by atoms with Crippen LogP contribution in [0.3, 0.4) is 0 Å². The summed E-state index contributed by atoms with van der Waals surface area (Å²) >= 11 is 1.15. The fraction of sp³-hybridized carbons (Fsp3) is 0.143. The summed E-state index contributed by atoms with van der Waals surface area (Å²) in [7, 11) is 0. The molecule has 0 unspecified atom stereocenters. The molecule has 1 N–H and O–H groups in total. The first kappa shape index (κ1) is 16.1. The van der Waals surface area contributed by atoms with Gasteiger partial charge in [-0.25, -0.2) is 0 Å². The molecule has 24 heavy (non-hydrogen) atoms. The van der Waals surface area contributed by atoms with Crippen molar-refractivity contribution >= 4 is 17.2 Å². The summed E-state index contributed by atoms with van der Waals surface area (Å²) in [6, 6.07) is 6.77. The monoisotopic (exact) mass is 353 g/mol. The van der Waals surface area contributed by atoms with Crippen LogP contribution in [0.25, 0.3) is 5.69 Å². The molecular weight excluding hydrogens is 343 g/mol. The number of halogens is 3. The van der Waals surface area contributed by atoms with Gasteiger partial charge in [0.15, 0.2) is 0 Å². The number of hydrogen-bond acceptors (Lipinski definition) is 5. The van der Waals surface area contributed by atoms with E-state index >= 15 is 0 Å². The molecule has 0 aliphatic heterocycles. The number of carbonyl (C=O) groups is 1. The van der Waals surface area contributed by atoms with Gasteiger partial charge in [0.05, 0.1) is 11.3 Å². The van der Waals surface area contributed by atoms with Crippen molar-refractivity contribution in [3.8, 4) is 5.69 Å². The van der Waals surface area contributed by atoms with Crippen molar-refractivity contribution in [2.75, 3.05) is 0 Å². The van der Waals surface area contributed by atoms with Crippen molar-refractivity contribution in [3.05, 3.63) is 58.0 Å². The second-order valence-corrected chi connectivity index (χ2v) is 5.64. The van der Waals surface area contributed by atoms with Gasteiger partial charge in [-0.2, -0.15) is 17.9 Å². The quantitative estimate of drug-likeness (QED) is 0.783. The Bertz CT molecular complexity index is 844. The van der Waals surface area contributed by atoms with Crippen LogP contribution in [0.1, 0.15) is 20.8 Å². The predicted octanol–water partition coefficient (Wildman–Crippen LogP) is 2.67. The summed E-state index contributed by atoms with van der Waals surface area (Å²) in [6.07, 6.45) is -3.14. The van der Waals surface area contributed by atoms with Gasteiger partial charge in [-0.3, -0.25) is 4.79 Å². The Labute approximate surface area is 137 Å². The third-order valence-corrected chi connectivity index (χ3v) is 4.11. The third-order valence-electron chi connectivity index (χ3n) is 3.21. The highest BCUT2D eigenvalue weighted by Gasteiger charge is 2.32. The molecule has 0 atom stereocenters. The molecule has 0 spiro atoms. The number of aromatic nitrogens is 4. The first-order valence-corrected chi connectivity index (χ1v) is 7.59. The van der Waals surface area contributed by atoms with Gasteiger partial charge in [0, 0.05) is 6.54 Å². The zero-order valence-electron chi connectivity index (χ0n) is 12.0. The van der Waals surface area contributed by atoms with Crippen LogP contribution >= 0.6 is 11.3 Å². The molecule has 0 aliphatic carbocycles. The average molecular weight is 353 g/mol. The maximum atomic E-state index is 13.0. The molecule has 2 heterocycles. The minimum absolute atomic E-state index is 0.00104. The summed E-state index contributed by atoms with van der Waals surface area (Å²) in [5.74, 6) is -0.493. The van der Waals surface area contributed by atoms with Gasteiger partial charge in [0.25, 0.3) is 5.91 Å². The lowest BCUT2D eigenvalue weighted by atomic mass is 10.1. The van der Waals surface area contributed by atoms with Gasteiger partial charge < -0.3 is 5.32 Å². The molecule has 2 aromatic heterocycles. The summed E-state index contributed by atoms with van der Waals surface area (Å²) in [5, 5.41) is 14.9. The van der Waals surface area contributed by atoms with Crippen molar-refractivity contribution in [1.29, 1.82) is 0 Å². The zero-order chi connectivity index (χ0) is 17.2. The Kier molecular flexibility index (Phi) is 4.30. The number of nitrogens with one attached hydrogen (secondary N) is 1. The normalized spacial score (nSPS) is 11.5. The molecule has 0 saturated carbocycles. The van der Waals surface area contributed by atoms with Gasteiger partial charge in [0.1, 0.15) is 11.2 Å². The van der Waals surface area contributed by atoms with E-state index in [1.54, 1.807) is 11.4 Å². The molecule has 0 fully saturated rings. The average Bonchev–Trinajstić information content (AvgIpc) is 3.22. The highest BCUT2D eigenvalue weighted by molar-refractivity contribution is 7.12. The largest absolute Gasteiger partial charge is 0.416 e. The summed E-state index contributed by atoms with van der Waals surface area (Å²) in [4.78, 5) is 12.6. The lowest BCUT2D eigenvalue weighted by Crippen LogP contribution is -2.24. The molecule has 3 aromatic rings. The third kappa shape index (κ3) is 3.27. The van der Waals surface area contributed by atoms with Crippen LogP contribution in [0.5, 0.6) is 0 Å². The topological polar surface area (TPSA) is 72.7 Å². The van der Waals surface area contributed by atoms with Crippen molar-refractivity contribution in [2.24, 2.45) is 0 Å². The SMILES string of the molecule is O=C(NCc1ccccc1C(F)(F)F)c1sccc1-n1cnnn1. The second-order valence-electron chi connectivity index (χ2n) is 4.73. The molecule has 0 aliphatic rings. The van der Waals surface area contributed by atoms with E-state index in [9.17, 15) is 18.0 Å². The number of thiophene rings is 1. The smallest absolute Gasteiger partial charge is 0.347 e. The van der Waals surface area contributed by atoms with Crippen LogP contribution in [0.4, 0.5) is 13.2 Å². The van der Waals surface area contributed by atoms with Crippen LogP contribution in [0, 0.1) is 0 Å². The van der Waals surface area contributed by atoms with Crippen molar-refractivity contribution in [3.63, 3.8) is 0 Å². The van der Waals surface area contributed by atoms with Gasteiger partial charge in [0.2, 0.25) is 0 Å². The minimum atomic E-state index is -4.47. The van der Waals surface area contributed by atoms with Gasteiger partial charge in [-0.05, 0) is 33.5 Å². The highest BCUT2D eigenvalue weighted by atomic mass is 32.1. The van der Waals surface area contributed by atoms with Gasteiger partial charge in [-0.15, -0.1) is 16.4 Å². The summed E-state index contributed by atoms with van der Waals surface area (Å²) < 4.78 is 40.2. The van der Waals surface area contributed by atoms with Crippen LogP contribution in [-0.2, 0) is 12.7 Å². The number of rotatable bonds is 4. The number of nitrogens with zero attached hydrogens (tertiary/aromatic N) is 4. The van der Waals surface area contributed by atoms with Gasteiger partial charge in [-0.1, -0.05) is 18.2 Å². The second kappa shape index (κ2) is 6.40. The predicted molar refractivity (Wildman–Crippen MR) is 79.6 cm³/mol. The number of alkyl halides is 3. The standard InChI is InChI=1S/C14H10F3N5OS/c15-14(16,17)10-4-2-1-3-9(10)7-18-13(23)12-11(5-6-24-12)22-8-19-20-21-22/h1-6,8H,7H2,(H,18,23). The van der Waals surface area contributed by atoms with Crippen molar-refractivity contribution in [2.45, 2.75) is 12.7 Å². The molecule has 3 rings (SSSR count). The van der Waals surface area contributed by atoms with Crippen LogP contribution in [0.2, 0.25) is 0 Å². The lowest BCUT2D eigenvalue weighted by Gasteiger charge is -2.13. The van der Waals surface area contributed by atoms with E-state index in [1.165, 1.54) is 29.2 Å². The molecule has 6 nitrogen and oxygen atoms in total. The lowest BCUT2D eigenvalue weighted by molar-refractivity contribution is -0.138. The maximum absolute atomic E-state index is 13.0. The van der Waals surface area contributed by atoms with E-state index in [1.807, 2.05) is 0 Å².